The summed E-state index contributed by atoms with van der Waals surface area (Å²) in [7, 11) is 0. The van der Waals surface area contributed by atoms with Gasteiger partial charge in [0, 0.05) is 0 Å². The topological polar surface area (TPSA) is 0 Å². The predicted octanol–water partition coefficient (Wildman–Crippen LogP) is 7.80. The molecule has 0 aromatic rings. The van der Waals surface area contributed by atoms with Gasteiger partial charge in [0.05, 0.1) is 0 Å². The van der Waals surface area contributed by atoms with Crippen LogP contribution in [-0.4, -0.2) is 0 Å². The van der Waals surface area contributed by atoms with E-state index in [2.05, 4.69) is 80.7 Å². The van der Waals surface area contributed by atoms with E-state index in [4.69, 9.17) is 0 Å². The Bertz CT molecular complexity index is 478. The van der Waals surface area contributed by atoms with Gasteiger partial charge in [0.15, 0.2) is 0 Å². The first kappa shape index (κ1) is 17.2. The minimum atomic E-state index is -4.39. The molecule has 0 bridgehead atoms. The van der Waals surface area contributed by atoms with Crippen LogP contribution >= 0.6 is 0 Å². The molecule has 0 saturated carbocycles. The van der Waals surface area contributed by atoms with Crippen molar-refractivity contribution in [2.24, 2.45) is 0 Å². The molecule has 0 aromatic heterocycles. The Morgan fingerprint density at radius 1 is 0.789 bits per heavy atom. The average Bonchev–Trinajstić information content (AvgIpc) is 2.71. The molecule has 1 heteroatoms. The summed E-state index contributed by atoms with van der Waals surface area (Å²) in [6.45, 7) is 14.9. The Hall–Kier alpha value is 0.194. The Morgan fingerprint density at radius 2 is 1.16 bits per heavy atom. The second kappa shape index (κ2) is 2.75. The van der Waals surface area contributed by atoms with E-state index in [0.717, 1.165) is 6.42 Å². The van der Waals surface area contributed by atoms with Crippen molar-refractivity contribution in [3.05, 3.63) is 22.1 Å². The normalized spacial score (nSPS) is 25.0. The Labute approximate surface area is 115 Å². The van der Waals surface area contributed by atoms with Crippen molar-refractivity contribution in [2.75, 3.05) is 0 Å². The van der Waals surface area contributed by atoms with Gasteiger partial charge in [0.25, 0.3) is 0 Å². The van der Waals surface area contributed by atoms with Crippen molar-refractivity contribution >= 4 is 0 Å². The van der Waals surface area contributed by atoms with Gasteiger partial charge in [-0.2, -0.15) is 0 Å². The van der Waals surface area contributed by atoms with E-state index >= 15 is 0 Å². The van der Waals surface area contributed by atoms with Gasteiger partial charge in [-0.3, -0.25) is 0 Å². The zero-order chi connectivity index (χ0) is 15.5. The van der Waals surface area contributed by atoms with Gasteiger partial charge in [-0.05, 0) is 0 Å². The van der Waals surface area contributed by atoms with Crippen LogP contribution in [0.15, 0.2) is 22.1 Å². The van der Waals surface area contributed by atoms with Gasteiger partial charge in [0.2, 0.25) is 0 Å². The molecule has 0 radical (unpaired) electrons. The van der Waals surface area contributed by atoms with Gasteiger partial charge < -0.3 is 0 Å². The molecule has 0 heterocycles. The third-order valence-electron chi connectivity index (χ3n) is 12.4. The van der Waals surface area contributed by atoms with Crippen molar-refractivity contribution in [3.63, 3.8) is 0 Å². The fraction of sp³-hybridized carbons (Fsp3) is 0.778. The van der Waals surface area contributed by atoms with Crippen molar-refractivity contribution in [1.82, 2.24) is 0 Å². The van der Waals surface area contributed by atoms with Crippen molar-refractivity contribution < 1.29 is 11.5 Å². The third kappa shape index (κ3) is 1.19. The first-order valence-electron chi connectivity index (χ1n) is 8.30. The van der Waals surface area contributed by atoms with Gasteiger partial charge in [-0.1, -0.05) is 0 Å². The molecule has 0 aliphatic heterocycles. The molecule has 0 unspecified atom stereocenters. The van der Waals surface area contributed by atoms with Crippen LogP contribution in [0.2, 0.25) is 33.6 Å². The van der Waals surface area contributed by atoms with E-state index in [-0.39, 0.29) is 0 Å². The fourth-order valence-electron chi connectivity index (χ4n) is 4.62. The third-order valence-corrected chi connectivity index (χ3v) is 49.3. The molecule has 19 heavy (non-hydrogen) atoms. The summed E-state index contributed by atoms with van der Waals surface area (Å²) < 4.78 is 3.74. The molecule has 0 fully saturated rings. The molecule has 1 aliphatic rings. The zero-order valence-electron chi connectivity index (χ0n) is 15.2. The van der Waals surface area contributed by atoms with E-state index in [1.165, 1.54) is 0 Å². The maximum atomic E-state index is 2.73. The van der Waals surface area contributed by atoms with Gasteiger partial charge in [-0.15, -0.1) is 0 Å². The van der Waals surface area contributed by atoms with E-state index in [0.29, 0.717) is 12.7 Å². The molecule has 0 amide bonds. The molecule has 0 nitrogen and oxygen atoms in total. The number of rotatable bonds is 4. The Kier molecular flexibility index (Phi) is 2.50. The molecule has 0 aromatic carbocycles. The number of hydrogen-bond donors (Lipinski definition) is 0. The summed E-state index contributed by atoms with van der Waals surface area (Å²) in [5.41, 5.74) is 0. The molecule has 0 saturated heterocycles. The zero-order valence-corrected chi connectivity index (χ0v) is 16.7. The molecule has 0 N–H and O–H groups in total. The molecule has 1 aliphatic carbocycles. The molecule has 0 atom stereocenters. The summed E-state index contributed by atoms with van der Waals surface area (Å²) in [5.74, 6) is 0. The summed E-state index contributed by atoms with van der Waals surface area (Å²) in [6.07, 6.45) is 8.24. The van der Waals surface area contributed by atoms with Crippen molar-refractivity contribution in [2.45, 2.75) is 81.5 Å². The first-order valence-corrected chi connectivity index (χ1v) is 18.0. The van der Waals surface area contributed by atoms with E-state index in [1.54, 1.807) is 3.88 Å². The van der Waals surface area contributed by atoms with Crippen LogP contribution in [-0.2, 0) is 11.5 Å². The second-order valence-corrected chi connectivity index (χ2v) is 45.8. The molecular formula is C18H38Ti. The van der Waals surface area contributed by atoms with Gasteiger partial charge in [-0.25, -0.2) is 0 Å². The summed E-state index contributed by atoms with van der Waals surface area (Å²) in [5, 5.41) is 10.9. The Balaban J connectivity index is 4.23. The van der Waals surface area contributed by atoms with Crippen LogP contribution in [0.1, 0.15) is 48.0 Å². The van der Waals surface area contributed by atoms with Gasteiger partial charge in [0.1, 0.15) is 0 Å². The predicted molar refractivity (Wildman–Crippen MR) is 90.6 cm³/mol. The quantitative estimate of drug-likeness (QED) is 0.464. The van der Waals surface area contributed by atoms with E-state index < -0.39 is 11.5 Å². The van der Waals surface area contributed by atoms with Crippen LogP contribution in [0.3, 0.4) is 0 Å². The van der Waals surface area contributed by atoms with Crippen LogP contribution < -0.4 is 0 Å². The molecule has 1 rings (SSSR count). The molecular weight excluding hydrogens is 264 g/mol. The fourth-order valence-corrected chi connectivity index (χ4v) is 18.0. The monoisotopic (exact) mass is 302 g/mol. The SMILES string of the molecule is C[CH](C)[Ti]([CH3])([CH3])([CH3])([CH3])([C]1=CC=CC1)([CH](C)C)[CH](C)C. The first-order chi connectivity index (χ1) is 8.01. The van der Waals surface area contributed by atoms with Crippen LogP contribution in [0.4, 0.5) is 0 Å². The summed E-state index contributed by atoms with van der Waals surface area (Å²) in [6, 6.07) is 0. The van der Waals surface area contributed by atoms with E-state index in [9.17, 15) is 0 Å². The maximum absolute atomic E-state index is 4.39. The summed E-state index contributed by atoms with van der Waals surface area (Å²) in [4.78, 5) is 0. The van der Waals surface area contributed by atoms with Gasteiger partial charge >= 0.3 is 115 Å². The van der Waals surface area contributed by atoms with E-state index in [1.807, 2.05) is 0 Å². The average molecular weight is 302 g/mol. The number of hydrogen-bond acceptors (Lipinski definition) is 0. The second-order valence-electron chi connectivity index (χ2n) is 13.2. The standard InChI is InChI=1S/C5H5.3C3H7.4CH3.Ti/c1-2-4-5-3-1;3*1-3-2;;;;;/h1-3H,4H2;3*3H,1-2H3;4*1H3;. The summed E-state index contributed by atoms with van der Waals surface area (Å²) >= 11 is -4.39. The minimum absolute atomic E-state index is 0.665. The molecule has 0 spiro atoms. The van der Waals surface area contributed by atoms with Crippen molar-refractivity contribution in [3.8, 4) is 0 Å². The number of allylic oxidation sites excluding steroid dienone is 4. The van der Waals surface area contributed by atoms with Crippen molar-refractivity contribution in [1.29, 1.82) is 0 Å². The Morgan fingerprint density at radius 3 is 1.37 bits per heavy atom. The molecule has 114 valence electrons. The van der Waals surface area contributed by atoms with Crippen LogP contribution in [0, 0.1) is 0 Å². The van der Waals surface area contributed by atoms with Crippen LogP contribution in [0.5, 0.6) is 0 Å². The van der Waals surface area contributed by atoms with Crippen LogP contribution in [0.25, 0.3) is 0 Å².